The Morgan fingerprint density at radius 3 is 2.13 bits per heavy atom. The van der Waals surface area contributed by atoms with Gasteiger partial charge in [-0.2, -0.15) is 0 Å². The van der Waals surface area contributed by atoms with Crippen molar-refractivity contribution in [1.29, 1.82) is 0 Å². The van der Waals surface area contributed by atoms with Gasteiger partial charge in [-0.3, -0.25) is 9.79 Å². The number of rotatable bonds is 9. The third kappa shape index (κ3) is 8.55. The van der Waals surface area contributed by atoms with Crippen LogP contribution in [0.2, 0.25) is 0 Å². The maximum atomic E-state index is 10.8. The van der Waals surface area contributed by atoms with Gasteiger partial charge in [0.25, 0.3) is 0 Å². The van der Waals surface area contributed by atoms with E-state index in [9.17, 15) is 4.57 Å². The highest BCUT2D eigenvalue weighted by Crippen LogP contribution is 2.37. The predicted molar refractivity (Wildman–Crippen MR) is 94.5 cm³/mol. The number of aryl methyl sites for hydroxylation is 1. The highest BCUT2D eigenvalue weighted by molar-refractivity contribution is 7.46. The van der Waals surface area contributed by atoms with Crippen LogP contribution in [-0.4, -0.2) is 9.79 Å². The van der Waals surface area contributed by atoms with Crippen molar-refractivity contribution in [2.45, 2.75) is 66.2 Å². The normalized spacial score (nSPS) is 13.8. The number of unbranched alkanes of at least 4 members (excludes halogenated alkanes) is 1. The summed E-state index contributed by atoms with van der Waals surface area (Å²) in [4.78, 5) is 17.6. The minimum absolute atomic E-state index is 0.206. The monoisotopic (exact) mass is 342 g/mol. The lowest BCUT2D eigenvalue weighted by Crippen LogP contribution is -2.20. The van der Waals surface area contributed by atoms with Crippen LogP contribution in [0.4, 0.5) is 0 Å². The van der Waals surface area contributed by atoms with E-state index in [1.54, 1.807) is 12.1 Å². The van der Waals surface area contributed by atoms with Crippen LogP contribution < -0.4 is 4.52 Å². The molecule has 2 N–H and O–H groups in total. The van der Waals surface area contributed by atoms with Gasteiger partial charge in [-0.05, 0) is 54.7 Å². The molecule has 0 fully saturated rings. The third-order valence-corrected chi connectivity index (χ3v) is 4.75. The van der Waals surface area contributed by atoms with Gasteiger partial charge in [0.2, 0.25) is 0 Å². The van der Waals surface area contributed by atoms with E-state index < -0.39 is 7.82 Å². The summed E-state index contributed by atoms with van der Waals surface area (Å²) in [6, 6.07) is 6.99. The second-order valence-electron chi connectivity index (χ2n) is 7.32. The Morgan fingerprint density at radius 1 is 1.09 bits per heavy atom. The molecule has 23 heavy (non-hydrogen) atoms. The average Bonchev–Trinajstić information content (AvgIpc) is 2.41. The van der Waals surface area contributed by atoms with Crippen LogP contribution in [0, 0.1) is 11.3 Å². The van der Waals surface area contributed by atoms with Gasteiger partial charge in [0.15, 0.2) is 0 Å². The second-order valence-corrected chi connectivity index (χ2v) is 8.49. The fraction of sp³-hybridized carbons (Fsp3) is 0.667. The number of phosphoric ester groups is 1. The second kappa shape index (κ2) is 8.86. The van der Waals surface area contributed by atoms with Crippen LogP contribution in [0.25, 0.3) is 0 Å². The molecule has 0 aliphatic carbocycles. The SMILES string of the molecule is CCCCC(CCCc1ccc(OP(=O)(O)O)cc1)C(C)(C)C. The van der Waals surface area contributed by atoms with Gasteiger partial charge < -0.3 is 4.52 Å². The molecule has 0 spiro atoms. The van der Waals surface area contributed by atoms with Crippen molar-refractivity contribution in [2.75, 3.05) is 0 Å². The summed E-state index contributed by atoms with van der Waals surface area (Å²) in [5, 5.41) is 0. The molecular weight excluding hydrogens is 311 g/mol. The molecule has 0 heterocycles. The largest absolute Gasteiger partial charge is 0.524 e. The number of benzene rings is 1. The molecule has 1 rings (SSSR count). The average molecular weight is 342 g/mol. The molecule has 4 nitrogen and oxygen atoms in total. The van der Waals surface area contributed by atoms with E-state index in [2.05, 4.69) is 32.2 Å². The molecule has 1 unspecified atom stereocenters. The van der Waals surface area contributed by atoms with E-state index >= 15 is 0 Å². The molecule has 0 aliphatic rings. The molecule has 0 aromatic heterocycles. The van der Waals surface area contributed by atoms with Crippen molar-refractivity contribution >= 4 is 7.82 Å². The van der Waals surface area contributed by atoms with Crippen LogP contribution in [0.3, 0.4) is 0 Å². The van der Waals surface area contributed by atoms with E-state index in [0.29, 0.717) is 5.41 Å². The lowest BCUT2D eigenvalue weighted by atomic mass is 9.75. The van der Waals surface area contributed by atoms with Gasteiger partial charge >= 0.3 is 7.82 Å². The molecule has 132 valence electrons. The van der Waals surface area contributed by atoms with Crippen molar-refractivity contribution in [3.8, 4) is 5.75 Å². The highest BCUT2D eigenvalue weighted by atomic mass is 31.2. The smallest absolute Gasteiger partial charge is 0.404 e. The van der Waals surface area contributed by atoms with E-state index in [1.165, 1.54) is 31.2 Å². The Morgan fingerprint density at radius 2 is 1.65 bits per heavy atom. The molecule has 0 saturated heterocycles. The minimum atomic E-state index is -4.47. The van der Waals surface area contributed by atoms with Crippen molar-refractivity contribution in [1.82, 2.24) is 0 Å². The van der Waals surface area contributed by atoms with Crippen LogP contribution in [0.15, 0.2) is 24.3 Å². The summed E-state index contributed by atoms with van der Waals surface area (Å²) in [7, 11) is -4.47. The molecule has 0 radical (unpaired) electrons. The van der Waals surface area contributed by atoms with Crippen molar-refractivity contribution in [3.63, 3.8) is 0 Å². The summed E-state index contributed by atoms with van der Waals surface area (Å²) in [6.07, 6.45) is 7.14. The lowest BCUT2D eigenvalue weighted by molar-refractivity contribution is 0.204. The maximum Gasteiger partial charge on any atom is 0.524 e. The van der Waals surface area contributed by atoms with Gasteiger partial charge in [-0.25, -0.2) is 4.57 Å². The van der Waals surface area contributed by atoms with E-state index in [0.717, 1.165) is 18.8 Å². The van der Waals surface area contributed by atoms with Crippen molar-refractivity contribution in [3.05, 3.63) is 29.8 Å². The first-order valence-corrected chi connectivity index (χ1v) is 9.99. The number of phosphoric acid groups is 1. The zero-order chi connectivity index (χ0) is 17.5. The molecule has 1 aromatic carbocycles. The molecular formula is C18H31O4P. The fourth-order valence-electron chi connectivity index (χ4n) is 2.87. The summed E-state index contributed by atoms with van der Waals surface area (Å²) >= 11 is 0. The zero-order valence-corrected chi connectivity index (χ0v) is 15.7. The summed E-state index contributed by atoms with van der Waals surface area (Å²) in [5.41, 5.74) is 1.52. The van der Waals surface area contributed by atoms with Crippen LogP contribution in [-0.2, 0) is 11.0 Å². The first-order chi connectivity index (χ1) is 10.6. The first-order valence-electron chi connectivity index (χ1n) is 8.46. The fourth-order valence-corrected chi connectivity index (χ4v) is 3.26. The van der Waals surface area contributed by atoms with Gasteiger partial charge in [0.05, 0.1) is 0 Å². The zero-order valence-electron chi connectivity index (χ0n) is 14.8. The lowest BCUT2D eigenvalue weighted by Gasteiger charge is -2.31. The molecule has 0 bridgehead atoms. The Hall–Kier alpha value is -0.830. The number of hydrogen-bond donors (Lipinski definition) is 2. The quantitative estimate of drug-likeness (QED) is 0.595. The Bertz CT molecular complexity index is 499. The summed E-state index contributed by atoms with van der Waals surface area (Å²) in [6.45, 7) is 9.20. The first kappa shape index (κ1) is 20.2. The van der Waals surface area contributed by atoms with Crippen molar-refractivity contribution < 1.29 is 18.9 Å². The van der Waals surface area contributed by atoms with Crippen LogP contribution in [0.1, 0.15) is 65.4 Å². The van der Waals surface area contributed by atoms with Gasteiger partial charge in [-0.15, -0.1) is 0 Å². The number of hydrogen-bond acceptors (Lipinski definition) is 2. The topological polar surface area (TPSA) is 66.8 Å². The van der Waals surface area contributed by atoms with Crippen LogP contribution in [0.5, 0.6) is 5.75 Å². The maximum absolute atomic E-state index is 10.8. The van der Waals surface area contributed by atoms with Gasteiger partial charge in [0.1, 0.15) is 5.75 Å². The molecule has 1 aromatic rings. The third-order valence-electron chi connectivity index (χ3n) is 4.30. The van der Waals surface area contributed by atoms with Gasteiger partial charge in [0, 0.05) is 0 Å². The summed E-state index contributed by atoms with van der Waals surface area (Å²) in [5.74, 6) is 0.942. The Balaban J connectivity index is 2.49. The molecule has 0 amide bonds. The summed E-state index contributed by atoms with van der Waals surface area (Å²) < 4.78 is 15.3. The molecule has 0 aliphatic heterocycles. The molecule has 0 saturated carbocycles. The van der Waals surface area contributed by atoms with E-state index in [4.69, 9.17) is 9.79 Å². The van der Waals surface area contributed by atoms with Gasteiger partial charge in [-0.1, -0.05) is 52.7 Å². The molecule has 5 heteroatoms. The van der Waals surface area contributed by atoms with E-state index in [1.807, 2.05) is 12.1 Å². The highest BCUT2D eigenvalue weighted by Gasteiger charge is 2.23. The Labute approximate surface area is 140 Å². The molecule has 1 atom stereocenters. The predicted octanol–water partition coefficient (Wildman–Crippen LogP) is 5.33. The minimum Gasteiger partial charge on any atom is -0.404 e. The van der Waals surface area contributed by atoms with Crippen LogP contribution >= 0.6 is 7.82 Å². The standard InChI is InChI=1S/C18H31O4P/c1-5-6-9-16(18(2,3)4)10-7-8-15-11-13-17(14-12-15)22-23(19,20)21/h11-14,16H,5-10H2,1-4H3,(H2,19,20,21). The van der Waals surface area contributed by atoms with E-state index in [-0.39, 0.29) is 5.75 Å². The Kier molecular flexibility index (Phi) is 7.79. The van der Waals surface area contributed by atoms with Crippen molar-refractivity contribution in [2.24, 2.45) is 11.3 Å².